The number of hydrogen-bond acceptors (Lipinski definition) is 1. The zero-order valence-electron chi connectivity index (χ0n) is 8.30. The van der Waals surface area contributed by atoms with Gasteiger partial charge in [-0.1, -0.05) is 34.2 Å². The third-order valence-corrected chi connectivity index (χ3v) is 3.50. The van der Waals surface area contributed by atoms with Gasteiger partial charge in [-0.2, -0.15) is 0 Å². The molecule has 1 heterocycles. The topological polar surface area (TPSA) is 12.0 Å². The van der Waals surface area contributed by atoms with Crippen molar-refractivity contribution in [3.05, 3.63) is 34.4 Å². The number of allylic oxidation sites excluding steroid dienone is 6. The Bertz CT molecular complexity index is 283. The maximum atomic E-state index is 3.52. The van der Waals surface area contributed by atoms with E-state index in [0.29, 0.717) is 0 Å². The van der Waals surface area contributed by atoms with Gasteiger partial charge in [0.15, 0.2) is 0 Å². The van der Waals surface area contributed by atoms with Crippen molar-refractivity contribution in [3.8, 4) is 0 Å². The van der Waals surface area contributed by atoms with E-state index in [1.165, 1.54) is 36.0 Å². The van der Waals surface area contributed by atoms with Crippen molar-refractivity contribution < 1.29 is 0 Å². The lowest BCUT2D eigenvalue weighted by Crippen LogP contribution is -2.28. The van der Waals surface area contributed by atoms with Crippen LogP contribution in [0.25, 0.3) is 0 Å². The summed E-state index contributed by atoms with van der Waals surface area (Å²) in [5.41, 5.74) is 1.53. The lowest BCUT2D eigenvalue weighted by molar-refractivity contribution is 0.425. The number of piperidine rings is 1. The SMILES string of the molecule is BrC1=CCC=C(C2CCNCC2)C=C1. The average molecular weight is 254 g/mol. The monoisotopic (exact) mass is 253 g/mol. The maximum Gasteiger partial charge on any atom is 0.0138 e. The van der Waals surface area contributed by atoms with E-state index in [-0.39, 0.29) is 0 Å². The van der Waals surface area contributed by atoms with Crippen LogP contribution >= 0.6 is 15.9 Å². The molecular weight excluding hydrogens is 238 g/mol. The molecule has 1 fully saturated rings. The summed E-state index contributed by atoms with van der Waals surface area (Å²) in [7, 11) is 0. The average Bonchev–Trinajstić information content (AvgIpc) is 2.44. The first kappa shape index (κ1) is 10.2. The Morgan fingerprint density at radius 3 is 2.71 bits per heavy atom. The van der Waals surface area contributed by atoms with Crippen LogP contribution < -0.4 is 5.32 Å². The molecule has 76 valence electrons. The molecule has 0 atom stereocenters. The van der Waals surface area contributed by atoms with Crippen LogP contribution in [0.15, 0.2) is 34.4 Å². The van der Waals surface area contributed by atoms with Crippen LogP contribution in [0.2, 0.25) is 0 Å². The summed E-state index contributed by atoms with van der Waals surface area (Å²) < 4.78 is 1.21. The summed E-state index contributed by atoms with van der Waals surface area (Å²) in [4.78, 5) is 0. The smallest absolute Gasteiger partial charge is 0.0138 e. The molecule has 0 radical (unpaired) electrons. The highest BCUT2D eigenvalue weighted by molar-refractivity contribution is 9.11. The van der Waals surface area contributed by atoms with Crippen molar-refractivity contribution >= 4 is 15.9 Å². The fourth-order valence-corrected chi connectivity index (χ4v) is 2.40. The predicted octanol–water partition coefficient (Wildman–Crippen LogP) is 3.15. The molecule has 0 unspecified atom stereocenters. The van der Waals surface area contributed by atoms with Crippen LogP contribution in [-0.2, 0) is 0 Å². The molecule has 1 N–H and O–H groups in total. The number of hydrogen-bond donors (Lipinski definition) is 1. The molecule has 0 spiro atoms. The fourth-order valence-electron chi connectivity index (χ4n) is 2.08. The molecule has 14 heavy (non-hydrogen) atoms. The van der Waals surface area contributed by atoms with E-state index in [1.54, 1.807) is 0 Å². The van der Waals surface area contributed by atoms with Gasteiger partial charge in [-0.15, -0.1) is 0 Å². The van der Waals surface area contributed by atoms with Crippen molar-refractivity contribution in [2.24, 2.45) is 5.92 Å². The molecule has 2 rings (SSSR count). The van der Waals surface area contributed by atoms with Gasteiger partial charge >= 0.3 is 0 Å². The largest absolute Gasteiger partial charge is 0.317 e. The minimum Gasteiger partial charge on any atom is -0.317 e. The molecule has 0 aromatic rings. The molecule has 1 aliphatic heterocycles. The first-order chi connectivity index (χ1) is 6.86. The van der Waals surface area contributed by atoms with Gasteiger partial charge in [0.2, 0.25) is 0 Å². The van der Waals surface area contributed by atoms with Crippen LogP contribution in [-0.4, -0.2) is 13.1 Å². The minimum atomic E-state index is 0.777. The van der Waals surface area contributed by atoms with E-state index < -0.39 is 0 Å². The summed E-state index contributed by atoms with van der Waals surface area (Å²) >= 11 is 3.52. The molecule has 1 saturated heterocycles. The second-order valence-corrected chi connectivity index (χ2v) is 4.80. The third-order valence-electron chi connectivity index (χ3n) is 2.91. The Hall–Kier alpha value is -0.340. The molecule has 0 aromatic carbocycles. The maximum absolute atomic E-state index is 3.52. The zero-order valence-corrected chi connectivity index (χ0v) is 9.89. The third kappa shape index (κ3) is 2.58. The zero-order chi connectivity index (χ0) is 9.80. The molecule has 0 amide bonds. The Kier molecular flexibility index (Phi) is 3.60. The van der Waals surface area contributed by atoms with E-state index >= 15 is 0 Å². The van der Waals surface area contributed by atoms with Crippen molar-refractivity contribution in [3.63, 3.8) is 0 Å². The fraction of sp³-hybridized carbons (Fsp3) is 0.500. The Morgan fingerprint density at radius 2 is 1.93 bits per heavy atom. The predicted molar refractivity (Wildman–Crippen MR) is 64.4 cm³/mol. The second kappa shape index (κ2) is 4.94. The van der Waals surface area contributed by atoms with Crippen molar-refractivity contribution in [1.29, 1.82) is 0 Å². The van der Waals surface area contributed by atoms with Crippen molar-refractivity contribution in [1.82, 2.24) is 5.32 Å². The second-order valence-electron chi connectivity index (χ2n) is 3.89. The van der Waals surface area contributed by atoms with Gasteiger partial charge in [0, 0.05) is 4.48 Å². The van der Waals surface area contributed by atoms with Gasteiger partial charge in [-0.25, -0.2) is 0 Å². The van der Waals surface area contributed by atoms with Crippen LogP contribution in [0.1, 0.15) is 19.3 Å². The van der Waals surface area contributed by atoms with Crippen molar-refractivity contribution in [2.75, 3.05) is 13.1 Å². The lowest BCUT2D eigenvalue weighted by atomic mass is 9.89. The standard InChI is InChI=1S/C12H16BrN/c13-12-3-1-2-10(4-5-12)11-6-8-14-9-7-11/h2-5,11,14H,1,6-9H2. The van der Waals surface area contributed by atoms with Crippen LogP contribution in [0.3, 0.4) is 0 Å². The van der Waals surface area contributed by atoms with Crippen LogP contribution in [0.4, 0.5) is 0 Å². The van der Waals surface area contributed by atoms with Crippen molar-refractivity contribution in [2.45, 2.75) is 19.3 Å². The molecule has 0 aromatic heterocycles. The highest BCUT2D eigenvalue weighted by atomic mass is 79.9. The highest BCUT2D eigenvalue weighted by Gasteiger charge is 2.15. The van der Waals surface area contributed by atoms with E-state index in [4.69, 9.17) is 0 Å². The number of rotatable bonds is 1. The minimum absolute atomic E-state index is 0.777. The normalized spacial score (nSPS) is 24.1. The summed E-state index contributed by atoms with van der Waals surface area (Å²) in [6.45, 7) is 2.34. The summed E-state index contributed by atoms with van der Waals surface area (Å²) in [5.74, 6) is 0.777. The lowest BCUT2D eigenvalue weighted by Gasteiger charge is -2.23. The Morgan fingerprint density at radius 1 is 1.14 bits per heavy atom. The molecule has 1 aliphatic carbocycles. The van der Waals surface area contributed by atoms with E-state index in [2.05, 4.69) is 45.6 Å². The molecular formula is C12H16BrN. The van der Waals surface area contributed by atoms with Gasteiger partial charge < -0.3 is 5.32 Å². The quantitative estimate of drug-likeness (QED) is 0.758. The van der Waals surface area contributed by atoms with Gasteiger partial charge in [-0.3, -0.25) is 0 Å². The first-order valence-electron chi connectivity index (χ1n) is 5.31. The van der Waals surface area contributed by atoms with E-state index in [0.717, 1.165) is 12.3 Å². The van der Waals surface area contributed by atoms with E-state index in [9.17, 15) is 0 Å². The highest BCUT2D eigenvalue weighted by Crippen LogP contribution is 2.26. The first-order valence-corrected chi connectivity index (χ1v) is 6.10. The molecule has 1 nitrogen and oxygen atoms in total. The molecule has 0 saturated carbocycles. The summed E-state index contributed by atoms with van der Waals surface area (Å²) in [6, 6.07) is 0. The summed E-state index contributed by atoms with van der Waals surface area (Å²) in [5, 5.41) is 3.40. The van der Waals surface area contributed by atoms with Gasteiger partial charge in [0.25, 0.3) is 0 Å². The molecule has 2 aliphatic rings. The Labute approximate surface area is 94.1 Å². The van der Waals surface area contributed by atoms with Gasteiger partial charge in [0.05, 0.1) is 0 Å². The number of nitrogens with one attached hydrogen (secondary N) is 1. The van der Waals surface area contributed by atoms with Gasteiger partial charge in [-0.05, 0) is 49.9 Å². The van der Waals surface area contributed by atoms with Crippen LogP contribution in [0, 0.1) is 5.92 Å². The summed E-state index contributed by atoms with van der Waals surface area (Å²) in [6.07, 6.45) is 12.6. The van der Waals surface area contributed by atoms with Crippen LogP contribution in [0.5, 0.6) is 0 Å². The molecule has 0 bridgehead atoms. The molecule has 2 heteroatoms. The number of halogens is 1. The van der Waals surface area contributed by atoms with E-state index in [1.807, 2.05) is 0 Å². The Balaban J connectivity index is 2.03. The van der Waals surface area contributed by atoms with Gasteiger partial charge in [0.1, 0.15) is 0 Å².